The molecular formula is C23H21N5O2. The normalized spacial score (nSPS) is 10.6. The molecule has 4 aromatic heterocycles. The van der Waals surface area contributed by atoms with Gasteiger partial charge in [-0.25, -0.2) is 4.98 Å². The van der Waals surface area contributed by atoms with Crippen LogP contribution in [0.25, 0.3) is 0 Å². The average molecular weight is 399 g/mol. The van der Waals surface area contributed by atoms with Gasteiger partial charge in [-0.2, -0.15) is 4.98 Å². The Hall–Kier alpha value is -4.00. The van der Waals surface area contributed by atoms with E-state index in [1.165, 1.54) is 0 Å². The molecule has 4 rings (SSSR count). The molecule has 0 bridgehead atoms. The molecule has 7 heteroatoms. The zero-order valence-electron chi connectivity index (χ0n) is 16.7. The first-order valence-electron chi connectivity index (χ1n) is 9.40. The maximum absolute atomic E-state index is 5.37. The van der Waals surface area contributed by atoms with E-state index in [9.17, 15) is 0 Å². The highest BCUT2D eigenvalue weighted by atomic mass is 16.5. The Kier molecular flexibility index (Phi) is 5.80. The van der Waals surface area contributed by atoms with Crippen LogP contribution in [-0.2, 0) is 0 Å². The van der Waals surface area contributed by atoms with Gasteiger partial charge in [0.2, 0.25) is 11.8 Å². The number of hydrogen-bond donors (Lipinski definition) is 0. The summed E-state index contributed by atoms with van der Waals surface area (Å²) in [4.78, 5) is 19.8. The van der Waals surface area contributed by atoms with Crippen LogP contribution >= 0.6 is 0 Å². The van der Waals surface area contributed by atoms with E-state index in [0.29, 0.717) is 17.6 Å². The van der Waals surface area contributed by atoms with Crippen molar-refractivity contribution in [3.8, 4) is 11.8 Å². The lowest BCUT2D eigenvalue weighted by atomic mass is 9.99. The van der Waals surface area contributed by atoms with Crippen LogP contribution in [-0.4, -0.2) is 34.2 Å². The van der Waals surface area contributed by atoms with Crippen LogP contribution in [0, 0.1) is 0 Å². The summed E-state index contributed by atoms with van der Waals surface area (Å²) in [5.41, 5.74) is 2.83. The highest BCUT2D eigenvalue weighted by Gasteiger charge is 2.26. The van der Waals surface area contributed by atoms with Gasteiger partial charge in [0, 0.05) is 36.9 Å². The highest BCUT2D eigenvalue weighted by Crippen LogP contribution is 2.38. The average Bonchev–Trinajstić information content (AvgIpc) is 2.83. The second-order valence-electron chi connectivity index (χ2n) is 6.44. The summed E-state index contributed by atoms with van der Waals surface area (Å²) in [5.74, 6) is 1.77. The van der Waals surface area contributed by atoms with Crippen LogP contribution in [0.4, 0.5) is 11.5 Å². The Morgan fingerprint density at radius 3 is 1.97 bits per heavy atom. The van der Waals surface area contributed by atoms with Crippen molar-refractivity contribution in [3.63, 3.8) is 0 Å². The van der Waals surface area contributed by atoms with Crippen molar-refractivity contribution in [3.05, 3.63) is 96.7 Å². The van der Waals surface area contributed by atoms with Crippen molar-refractivity contribution in [1.29, 1.82) is 0 Å². The zero-order valence-corrected chi connectivity index (χ0v) is 16.7. The first-order valence-corrected chi connectivity index (χ1v) is 9.40. The minimum atomic E-state index is -0.234. The van der Waals surface area contributed by atoms with Gasteiger partial charge in [-0.05, 0) is 35.4 Å². The molecule has 0 radical (unpaired) electrons. The Balaban J connectivity index is 1.93. The second-order valence-corrected chi connectivity index (χ2v) is 6.44. The summed E-state index contributed by atoms with van der Waals surface area (Å²) in [6, 6.07) is 17.1. The lowest BCUT2D eigenvalue weighted by Gasteiger charge is -2.33. The fourth-order valence-corrected chi connectivity index (χ4v) is 3.27. The Bertz CT molecular complexity index is 1040. The summed E-state index contributed by atoms with van der Waals surface area (Å²) in [7, 11) is 3.20. The number of nitrogens with zero attached hydrogens (tertiary/aromatic N) is 5. The van der Waals surface area contributed by atoms with Crippen molar-refractivity contribution in [2.24, 2.45) is 0 Å². The number of anilines is 2. The molecule has 0 spiro atoms. The maximum atomic E-state index is 5.37. The summed E-state index contributed by atoms with van der Waals surface area (Å²) >= 11 is 0. The molecule has 0 unspecified atom stereocenters. The monoisotopic (exact) mass is 399 g/mol. The standard InChI is InChI=1S/C23H21N5O2/c1-29-21-11-10-19(16-26-21)28(20-8-3-9-22(27-20)30-2)23(17-6-4-12-24-14-17)18-7-5-13-25-15-18/h3-16,23H,1-2H3. The van der Waals surface area contributed by atoms with Crippen molar-refractivity contribution in [1.82, 2.24) is 19.9 Å². The van der Waals surface area contributed by atoms with E-state index in [-0.39, 0.29) is 6.04 Å². The summed E-state index contributed by atoms with van der Waals surface area (Å²) in [6.45, 7) is 0. The molecule has 0 N–H and O–H groups in total. The molecule has 0 atom stereocenters. The van der Waals surface area contributed by atoms with Gasteiger partial charge in [0.25, 0.3) is 0 Å². The van der Waals surface area contributed by atoms with Crippen molar-refractivity contribution < 1.29 is 9.47 Å². The predicted molar refractivity (Wildman–Crippen MR) is 114 cm³/mol. The van der Waals surface area contributed by atoms with Crippen LogP contribution in [0.1, 0.15) is 17.2 Å². The van der Waals surface area contributed by atoms with E-state index >= 15 is 0 Å². The quantitative estimate of drug-likeness (QED) is 0.461. The number of methoxy groups -OCH3 is 2. The third kappa shape index (κ3) is 4.05. The third-order valence-corrected chi connectivity index (χ3v) is 4.63. The van der Waals surface area contributed by atoms with Gasteiger partial charge in [0.15, 0.2) is 0 Å². The van der Waals surface area contributed by atoms with E-state index in [1.807, 2.05) is 67.0 Å². The van der Waals surface area contributed by atoms with Crippen molar-refractivity contribution >= 4 is 11.5 Å². The van der Waals surface area contributed by atoms with Gasteiger partial charge in [0.1, 0.15) is 5.82 Å². The molecule has 0 saturated heterocycles. The van der Waals surface area contributed by atoms with Crippen molar-refractivity contribution in [2.45, 2.75) is 6.04 Å². The molecule has 0 aliphatic rings. The topological polar surface area (TPSA) is 73.3 Å². The molecule has 30 heavy (non-hydrogen) atoms. The van der Waals surface area contributed by atoms with Crippen LogP contribution in [0.5, 0.6) is 11.8 Å². The largest absolute Gasteiger partial charge is 0.481 e. The van der Waals surface area contributed by atoms with E-state index in [2.05, 4.69) is 24.8 Å². The van der Waals surface area contributed by atoms with Crippen LogP contribution in [0.15, 0.2) is 85.6 Å². The fraction of sp³-hybridized carbons (Fsp3) is 0.130. The zero-order chi connectivity index (χ0) is 20.8. The van der Waals surface area contributed by atoms with Gasteiger partial charge >= 0.3 is 0 Å². The van der Waals surface area contributed by atoms with Gasteiger partial charge in [-0.3, -0.25) is 9.97 Å². The molecule has 0 amide bonds. The number of rotatable bonds is 7. The Morgan fingerprint density at radius 1 is 0.733 bits per heavy atom. The van der Waals surface area contributed by atoms with Crippen LogP contribution in [0.3, 0.4) is 0 Å². The molecule has 150 valence electrons. The minimum Gasteiger partial charge on any atom is -0.481 e. The van der Waals surface area contributed by atoms with Crippen LogP contribution in [0.2, 0.25) is 0 Å². The summed E-state index contributed by atoms with van der Waals surface area (Å²) in [5, 5.41) is 0. The molecule has 7 nitrogen and oxygen atoms in total. The predicted octanol–water partition coefficient (Wildman–Crippen LogP) is 4.21. The van der Waals surface area contributed by atoms with Gasteiger partial charge in [0.05, 0.1) is 32.1 Å². The summed E-state index contributed by atoms with van der Waals surface area (Å²) in [6.07, 6.45) is 8.98. The maximum Gasteiger partial charge on any atom is 0.214 e. The van der Waals surface area contributed by atoms with Gasteiger partial charge < -0.3 is 14.4 Å². The number of ether oxygens (including phenoxy) is 2. The fourth-order valence-electron chi connectivity index (χ4n) is 3.27. The molecule has 4 aromatic rings. The first-order chi connectivity index (χ1) is 14.8. The third-order valence-electron chi connectivity index (χ3n) is 4.63. The highest BCUT2D eigenvalue weighted by molar-refractivity contribution is 5.64. The molecule has 0 fully saturated rings. The Morgan fingerprint density at radius 2 is 1.43 bits per heavy atom. The minimum absolute atomic E-state index is 0.234. The first kappa shape index (κ1) is 19.3. The van der Waals surface area contributed by atoms with Gasteiger partial charge in [-0.1, -0.05) is 18.2 Å². The van der Waals surface area contributed by atoms with E-state index < -0.39 is 0 Å². The number of hydrogen-bond acceptors (Lipinski definition) is 7. The Labute approximate surface area is 175 Å². The molecule has 4 heterocycles. The molecule has 0 aliphatic carbocycles. The van der Waals surface area contributed by atoms with Crippen molar-refractivity contribution in [2.75, 3.05) is 19.1 Å². The molecule has 0 aromatic carbocycles. The number of aromatic nitrogens is 4. The lowest BCUT2D eigenvalue weighted by Crippen LogP contribution is -2.26. The van der Waals surface area contributed by atoms with E-state index in [4.69, 9.17) is 9.47 Å². The summed E-state index contributed by atoms with van der Waals surface area (Å²) < 4.78 is 10.6. The second kappa shape index (κ2) is 9.00. The smallest absolute Gasteiger partial charge is 0.214 e. The molecule has 0 aliphatic heterocycles. The van der Waals surface area contributed by atoms with E-state index in [1.54, 1.807) is 32.8 Å². The number of pyridine rings is 4. The molecular weight excluding hydrogens is 378 g/mol. The lowest BCUT2D eigenvalue weighted by molar-refractivity contribution is 0.397. The van der Waals surface area contributed by atoms with Gasteiger partial charge in [-0.15, -0.1) is 0 Å². The van der Waals surface area contributed by atoms with E-state index in [0.717, 1.165) is 16.8 Å². The molecule has 0 saturated carbocycles. The SMILES string of the molecule is COc1ccc(N(c2cccc(OC)n2)C(c2cccnc2)c2cccnc2)cn1. The van der Waals surface area contributed by atoms with Crippen LogP contribution < -0.4 is 14.4 Å².